The fraction of sp³-hybridized carbons (Fsp3) is 0.940. The third-order valence-electron chi connectivity index (χ3n) is 12.9. The number of carbonyl (C=O) groups is 1. The first-order chi connectivity index (χ1) is 30.8. The van der Waals surface area contributed by atoms with Crippen molar-refractivity contribution in [3.8, 4) is 0 Å². The van der Waals surface area contributed by atoms with Crippen molar-refractivity contribution < 1.29 is 59.0 Å². The van der Waals surface area contributed by atoms with Crippen LogP contribution in [0.15, 0.2) is 12.2 Å². The number of aliphatic hydroxyl groups excluding tert-OH is 7. The van der Waals surface area contributed by atoms with Crippen LogP contribution in [-0.2, 0) is 18.4 Å². The summed E-state index contributed by atoms with van der Waals surface area (Å²) >= 11 is 0. The Kier molecular flexibility index (Phi) is 38.1. The molecule has 9 N–H and O–H groups in total. The molecule has 0 radical (unpaired) electrons. The quantitative estimate of drug-likeness (QED) is 0.0158. The molecular formula is C50H98NO12P. The second kappa shape index (κ2) is 40.0. The predicted molar refractivity (Wildman–Crippen MR) is 257 cm³/mol. The molecule has 1 fully saturated rings. The van der Waals surface area contributed by atoms with Crippen LogP contribution in [-0.4, -0.2) is 108 Å². The van der Waals surface area contributed by atoms with Gasteiger partial charge in [0.05, 0.1) is 31.3 Å². The number of phosphoric acid groups is 1. The first-order valence-electron chi connectivity index (χ1n) is 26.2. The van der Waals surface area contributed by atoms with Gasteiger partial charge in [-0.25, -0.2) is 4.57 Å². The van der Waals surface area contributed by atoms with Crippen LogP contribution in [0.1, 0.15) is 239 Å². The number of amides is 1. The van der Waals surface area contributed by atoms with Crippen molar-refractivity contribution in [2.75, 3.05) is 6.61 Å². The SMILES string of the molecule is CCCCCCCCCCCCCC/C=C\CCCCCCCCCCCCCCCCCC(O)CC(=O)NC(COP(=O)(O)OC1C(O)C(O)C(O)C(O)C1O)C(O)CCCCC. The zero-order valence-electron chi connectivity index (χ0n) is 40.5. The Morgan fingerprint density at radius 3 is 1.30 bits per heavy atom. The van der Waals surface area contributed by atoms with Gasteiger partial charge < -0.3 is 46.0 Å². The number of carbonyl (C=O) groups excluding carboxylic acids is 1. The number of aliphatic hydroxyl groups is 7. The lowest BCUT2D eigenvalue weighted by atomic mass is 9.85. The van der Waals surface area contributed by atoms with Gasteiger partial charge in [-0.1, -0.05) is 206 Å². The Bertz CT molecular complexity index is 1150. The maximum atomic E-state index is 12.9. The van der Waals surface area contributed by atoms with E-state index in [4.69, 9.17) is 9.05 Å². The highest BCUT2D eigenvalue weighted by atomic mass is 31.2. The molecule has 380 valence electrons. The monoisotopic (exact) mass is 936 g/mol. The van der Waals surface area contributed by atoms with Gasteiger partial charge in [-0.15, -0.1) is 0 Å². The van der Waals surface area contributed by atoms with Crippen LogP contribution in [0.5, 0.6) is 0 Å². The van der Waals surface area contributed by atoms with Crippen LogP contribution in [0, 0.1) is 0 Å². The minimum absolute atomic E-state index is 0.221. The Balaban J connectivity index is 2.07. The molecule has 1 amide bonds. The molecule has 1 aliphatic carbocycles. The third-order valence-corrected chi connectivity index (χ3v) is 13.9. The molecule has 0 spiro atoms. The van der Waals surface area contributed by atoms with Crippen molar-refractivity contribution in [2.45, 2.75) is 293 Å². The maximum Gasteiger partial charge on any atom is 0.472 e. The zero-order valence-corrected chi connectivity index (χ0v) is 41.4. The number of nitrogens with one attached hydrogen (secondary N) is 1. The third kappa shape index (κ3) is 31.2. The van der Waals surface area contributed by atoms with Gasteiger partial charge in [-0.05, 0) is 38.5 Å². The molecule has 0 saturated heterocycles. The summed E-state index contributed by atoms with van der Waals surface area (Å²) in [5, 5.41) is 73.8. The molecule has 1 rings (SSSR count). The molecule has 8 atom stereocenters. The lowest BCUT2D eigenvalue weighted by molar-refractivity contribution is -0.220. The van der Waals surface area contributed by atoms with Crippen LogP contribution >= 0.6 is 7.82 Å². The van der Waals surface area contributed by atoms with E-state index in [1.54, 1.807) is 0 Å². The van der Waals surface area contributed by atoms with Crippen LogP contribution in [0.2, 0.25) is 0 Å². The predicted octanol–water partition coefficient (Wildman–Crippen LogP) is 9.76. The molecule has 64 heavy (non-hydrogen) atoms. The van der Waals surface area contributed by atoms with Crippen LogP contribution in [0.25, 0.3) is 0 Å². The van der Waals surface area contributed by atoms with E-state index >= 15 is 0 Å². The summed E-state index contributed by atoms with van der Waals surface area (Å²) in [6.07, 6.45) is 31.6. The van der Waals surface area contributed by atoms with Crippen LogP contribution < -0.4 is 5.32 Å². The normalized spacial score (nSPS) is 22.7. The van der Waals surface area contributed by atoms with Gasteiger partial charge in [0.1, 0.15) is 36.6 Å². The number of rotatable bonds is 44. The second-order valence-electron chi connectivity index (χ2n) is 18.9. The van der Waals surface area contributed by atoms with E-state index in [0.717, 1.165) is 38.5 Å². The van der Waals surface area contributed by atoms with E-state index in [9.17, 15) is 50.0 Å². The summed E-state index contributed by atoms with van der Waals surface area (Å²) in [5.74, 6) is -0.568. The highest BCUT2D eigenvalue weighted by Crippen LogP contribution is 2.47. The first-order valence-corrected chi connectivity index (χ1v) is 27.7. The van der Waals surface area contributed by atoms with E-state index in [0.29, 0.717) is 12.8 Å². The molecule has 1 saturated carbocycles. The summed E-state index contributed by atoms with van der Waals surface area (Å²) in [6, 6.07) is -1.15. The van der Waals surface area contributed by atoms with Gasteiger partial charge >= 0.3 is 7.82 Å². The standard InChI is InChI=1S/C50H98NO12P/c1-3-5-7-8-9-10-11-12-13-14-15-16-17-18-19-20-21-22-23-24-25-26-27-28-29-30-31-32-33-34-36-37-41(52)39-44(54)51-42(43(53)38-35-6-4-2)40-62-64(60,61)63-50-48(58)46(56)45(55)47(57)49(50)59/h18-19,41-43,45-50,52-53,55-59H,3-17,20-40H2,1-2H3,(H,51,54)(H,60,61)/b19-18-. The Labute approximate surface area is 389 Å². The van der Waals surface area contributed by atoms with E-state index in [-0.39, 0.29) is 12.8 Å². The number of hydrogen-bond donors (Lipinski definition) is 9. The van der Waals surface area contributed by atoms with Gasteiger partial charge in [0, 0.05) is 0 Å². The number of hydrogen-bond acceptors (Lipinski definition) is 11. The van der Waals surface area contributed by atoms with Crippen molar-refractivity contribution in [3.05, 3.63) is 12.2 Å². The molecule has 1 aliphatic rings. The number of phosphoric ester groups is 1. The minimum atomic E-state index is -5.09. The van der Waals surface area contributed by atoms with Gasteiger partial charge in [0.2, 0.25) is 5.91 Å². The topological polar surface area (TPSA) is 226 Å². The van der Waals surface area contributed by atoms with E-state index in [1.165, 1.54) is 161 Å². The maximum absolute atomic E-state index is 12.9. The van der Waals surface area contributed by atoms with E-state index in [2.05, 4.69) is 24.4 Å². The van der Waals surface area contributed by atoms with Crippen molar-refractivity contribution in [2.24, 2.45) is 0 Å². The van der Waals surface area contributed by atoms with E-state index in [1.807, 2.05) is 6.92 Å². The smallest absolute Gasteiger partial charge is 0.393 e. The fourth-order valence-corrected chi connectivity index (χ4v) is 9.56. The molecule has 0 aromatic rings. The molecule has 8 unspecified atom stereocenters. The Morgan fingerprint density at radius 1 is 0.531 bits per heavy atom. The zero-order chi connectivity index (χ0) is 47.3. The largest absolute Gasteiger partial charge is 0.472 e. The lowest BCUT2D eigenvalue weighted by Crippen LogP contribution is -2.64. The minimum Gasteiger partial charge on any atom is -0.393 e. The number of allylic oxidation sites excluding steroid dienone is 2. The molecule has 14 heteroatoms. The molecule has 0 bridgehead atoms. The van der Waals surface area contributed by atoms with Crippen LogP contribution in [0.3, 0.4) is 0 Å². The average molecular weight is 936 g/mol. The summed E-state index contributed by atoms with van der Waals surface area (Å²) in [4.78, 5) is 23.2. The summed E-state index contributed by atoms with van der Waals surface area (Å²) < 4.78 is 22.6. The van der Waals surface area contributed by atoms with Gasteiger partial charge in [-0.2, -0.15) is 0 Å². The summed E-state index contributed by atoms with van der Waals surface area (Å²) in [6.45, 7) is 3.58. The van der Waals surface area contributed by atoms with Crippen molar-refractivity contribution in [3.63, 3.8) is 0 Å². The Morgan fingerprint density at radius 2 is 0.875 bits per heavy atom. The Hall–Kier alpha value is -0.960. The van der Waals surface area contributed by atoms with E-state index < -0.39 is 75.2 Å². The summed E-state index contributed by atoms with van der Waals surface area (Å²) in [7, 11) is -5.09. The van der Waals surface area contributed by atoms with Crippen LogP contribution in [0.4, 0.5) is 0 Å². The molecule has 13 nitrogen and oxygen atoms in total. The lowest BCUT2D eigenvalue weighted by Gasteiger charge is -2.41. The molecule has 0 aromatic heterocycles. The van der Waals surface area contributed by atoms with Gasteiger partial charge in [0.15, 0.2) is 0 Å². The highest BCUT2D eigenvalue weighted by molar-refractivity contribution is 7.47. The summed E-state index contributed by atoms with van der Waals surface area (Å²) in [5.41, 5.74) is 0. The average Bonchev–Trinajstić information content (AvgIpc) is 3.27. The van der Waals surface area contributed by atoms with Crippen molar-refractivity contribution in [1.82, 2.24) is 5.32 Å². The van der Waals surface area contributed by atoms with Crippen molar-refractivity contribution in [1.29, 1.82) is 0 Å². The molecule has 0 aliphatic heterocycles. The highest BCUT2D eigenvalue weighted by Gasteiger charge is 2.51. The van der Waals surface area contributed by atoms with Crippen molar-refractivity contribution >= 4 is 13.7 Å². The first kappa shape index (κ1) is 61.1. The number of unbranched alkanes of at least 4 members (excludes halogenated alkanes) is 29. The van der Waals surface area contributed by atoms with Gasteiger partial charge in [-0.3, -0.25) is 13.8 Å². The van der Waals surface area contributed by atoms with Gasteiger partial charge in [0.25, 0.3) is 0 Å². The molecular weight excluding hydrogens is 838 g/mol. The molecule has 0 aromatic carbocycles. The second-order valence-corrected chi connectivity index (χ2v) is 20.3. The molecule has 0 heterocycles. The fourth-order valence-electron chi connectivity index (χ4n) is 8.59.